The third-order valence-corrected chi connectivity index (χ3v) is 0.612. The minimum Gasteiger partial charge on any atom is -0.745 e. The SMILES string of the molecule is C=CS(=O)(=O)[O-].FB(F)F.[Li+]. The van der Waals surface area contributed by atoms with Crippen molar-refractivity contribution < 1.29 is 44.8 Å². The Hall–Kier alpha value is 0.102. The van der Waals surface area contributed by atoms with Crippen molar-refractivity contribution in [3.63, 3.8) is 0 Å². The molecule has 0 aromatic heterocycles. The normalized spacial score (nSPS) is 8.36. The molecule has 3 nitrogen and oxygen atoms in total. The molecule has 0 amide bonds. The van der Waals surface area contributed by atoms with Crippen LogP contribution in [0.15, 0.2) is 12.0 Å². The molecule has 0 radical (unpaired) electrons. The van der Waals surface area contributed by atoms with Gasteiger partial charge in [0.1, 0.15) is 10.1 Å². The van der Waals surface area contributed by atoms with E-state index in [2.05, 4.69) is 6.58 Å². The largest absolute Gasteiger partial charge is 1.00 e. The van der Waals surface area contributed by atoms with Crippen LogP contribution >= 0.6 is 0 Å². The topological polar surface area (TPSA) is 57.2 Å². The summed E-state index contributed by atoms with van der Waals surface area (Å²) in [6.07, 6.45) is 0. The molecule has 0 bridgehead atoms. The van der Waals surface area contributed by atoms with Crippen LogP contribution in [0.2, 0.25) is 0 Å². The second kappa shape index (κ2) is 8.20. The van der Waals surface area contributed by atoms with Gasteiger partial charge >= 0.3 is 26.4 Å². The van der Waals surface area contributed by atoms with Gasteiger partial charge in [0, 0.05) is 5.41 Å². The molecule has 60 valence electrons. The van der Waals surface area contributed by atoms with E-state index < -0.39 is 17.7 Å². The predicted octanol–water partition coefficient (Wildman–Crippen LogP) is -2.44. The Morgan fingerprint density at radius 3 is 1.45 bits per heavy atom. The minimum absolute atomic E-state index is 0. The molecular formula is C2H3BF3LiO3S. The molecule has 0 aliphatic rings. The molecule has 0 aliphatic heterocycles. The Balaban J connectivity index is -0.000000114. The first-order valence-electron chi connectivity index (χ1n) is 1.80. The van der Waals surface area contributed by atoms with Crippen molar-refractivity contribution in [3.8, 4) is 0 Å². The van der Waals surface area contributed by atoms with Crippen LogP contribution in [0.3, 0.4) is 0 Å². The number of halogens is 3. The second-order valence-electron chi connectivity index (χ2n) is 0.907. The standard InChI is InChI=1S/C2H4O3S.BF3.Li/c1-2-6(3,4)5;2-1(3)4;/h2H,1H2,(H,3,4,5);;/q;;+1/p-1. The van der Waals surface area contributed by atoms with E-state index in [1.807, 2.05) is 0 Å². The van der Waals surface area contributed by atoms with Gasteiger partial charge in [-0.1, -0.05) is 6.58 Å². The first kappa shape index (κ1) is 17.3. The van der Waals surface area contributed by atoms with Gasteiger partial charge in [-0.3, -0.25) is 12.9 Å². The Labute approximate surface area is 74.8 Å². The Bertz CT molecular complexity index is 167. The molecule has 0 saturated carbocycles. The van der Waals surface area contributed by atoms with Crippen LogP contribution in [-0.4, -0.2) is 20.5 Å². The Morgan fingerprint density at radius 1 is 1.36 bits per heavy atom. The molecule has 0 spiro atoms. The molecule has 0 saturated heterocycles. The summed E-state index contributed by atoms with van der Waals surface area (Å²) in [4.78, 5) is 0. The minimum atomic E-state index is -4.15. The molecule has 0 heterocycles. The maximum Gasteiger partial charge on any atom is 1.00 e. The molecule has 0 aliphatic carbocycles. The molecule has 0 atom stereocenters. The summed E-state index contributed by atoms with van der Waals surface area (Å²) in [5.41, 5.74) is 0. The quantitative estimate of drug-likeness (QED) is 0.334. The average molecular weight is 182 g/mol. The Morgan fingerprint density at radius 2 is 1.45 bits per heavy atom. The molecule has 0 fully saturated rings. The number of hydrogen-bond acceptors (Lipinski definition) is 3. The molecule has 11 heavy (non-hydrogen) atoms. The van der Waals surface area contributed by atoms with Crippen molar-refractivity contribution in [2.24, 2.45) is 0 Å². The smallest absolute Gasteiger partial charge is 0.745 e. The van der Waals surface area contributed by atoms with E-state index in [0.29, 0.717) is 5.41 Å². The van der Waals surface area contributed by atoms with E-state index in [0.717, 1.165) is 0 Å². The van der Waals surface area contributed by atoms with E-state index in [9.17, 15) is 25.9 Å². The maximum atomic E-state index is 9.67. The van der Waals surface area contributed by atoms with Crippen LogP contribution in [0.25, 0.3) is 0 Å². The molecule has 0 aromatic rings. The van der Waals surface area contributed by atoms with Gasteiger partial charge in [-0.15, -0.1) is 0 Å². The zero-order valence-corrected chi connectivity index (χ0v) is 6.45. The van der Waals surface area contributed by atoms with Crippen molar-refractivity contribution in [2.45, 2.75) is 0 Å². The van der Waals surface area contributed by atoms with Crippen LogP contribution in [0.5, 0.6) is 0 Å². The first-order chi connectivity index (χ1) is 4.29. The first-order valence-corrected chi connectivity index (χ1v) is 3.27. The van der Waals surface area contributed by atoms with Crippen molar-refractivity contribution >= 4 is 17.7 Å². The summed E-state index contributed by atoms with van der Waals surface area (Å²) < 4.78 is 57.0. The van der Waals surface area contributed by atoms with Gasteiger partial charge in [0.05, 0.1) is 0 Å². The number of hydrogen-bond donors (Lipinski definition) is 0. The van der Waals surface area contributed by atoms with Gasteiger partial charge in [-0.25, -0.2) is 8.42 Å². The van der Waals surface area contributed by atoms with E-state index in [4.69, 9.17) is 0 Å². The van der Waals surface area contributed by atoms with E-state index in [1.165, 1.54) is 0 Å². The molecule has 0 aromatic carbocycles. The fourth-order valence-corrected chi connectivity index (χ4v) is 0. The van der Waals surface area contributed by atoms with Crippen LogP contribution in [0.1, 0.15) is 0 Å². The third kappa shape index (κ3) is 68.9. The summed E-state index contributed by atoms with van der Waals surface area (Å²) in [5.74, 6) is 0. The molecule has 0 rings (SSSR count). The average Bonchev–Trinajstić information content (AvgIpc) is 1.63. The molecule has 0 unspecified atom stereocenters. The van der Waals surface area contributed by atoms with Gasteiger partial charge in [0.25, 0.3) is 0 Å². The van der Waals surface area contributed by atoms with Crippen LogP contribution in [-0.2, 0) is 10.1 Å². The zero-order chi connectivity index (χ0) is 8.78. The summed E-state index contributed by atoms with van der Waals surface area (Å²) in [5, 5.41) is 0.354. The Kier molecular flexibility index (Phi) is 12.9. The fraction of sp³-hybridized carbons (Fsp3) is 0. The molecule has 9 heteroatoms. The van der Waals surface area contributed by atoms with E-state index in [1.54, 1.807) is 0 Å². The van der Waals surface area contributed by atoms with Gasteiger partial charge < -0.3 is 4.55 Å². The number of rotatable bonds is 1. The van der Waals surface area contributed by atoms with Crippen molar-refractivity contribution in [1.29, 1.82) is 0 Å². The van der Waals surface area contributed by atoms with Crippen molar-refractivity contribution in [1.82, 2.24) is 0 Å². The second-order valence-corrected chi connectivity index (χ2v) is 2.23. The molecular weight excluding hydrogens is 179 g/mol. The summed E-state index contributed by atoms with van der Waals surface area (Å²) in [6, 6.07) is 0. The predicted molar refractivity (Wildman–Crippen MR) is 29.0 cm³/mol. The summed E-state index contributed by atoms with van der Waals surface area (Å²) >= 11 is 0. The third-order valence-electron chi connectivity index (χ3n) is 0.204. The van der Waals surface area contributed by atoms with Gasteiger partial charge in [-0.05, 0) is 0 Å². The van der Waals surface area contributed by atoms with E-state index in [-0.39, 0.29) is 18.9 Å². The van der Waals surface area contributed by atoms with Crippen LogP contribution < -0.4 is 18.9 Å². The van der Waals surface area contributed by atoms with Crippen molar-refractivity contribution in [2.75, 3.05) is 0 Å². The van der Waals surface area contributed by atoms with Gasteiger partial charge in [0.2, 0.25) is 0 Å². The fourth-order valence-electron chi connectivity index (χ4n) is 0. The van der Waals surface area contributed by atoms with Gasteiger partial charge in [-0.2, -0.15) is 0 Å². The summed E-state index contributed by atoms with van der Waals surface area (Å²) in [7, 11) is -7.81. The van der Waals surface area contributed by atoms with Gasteiger partial charge in [0.15, 0.2) is 0 Å². The maximum absolute atomic E-state index is 9.67. The summed E-state index contributed by atoms with van der Waals surface area (Å²) in [6.45, 7) is 2.73. The van der Waals surface area contributed by atoms with Crippen LogP contribution in [0, 0.1) is 0 Å². The van der Waals surface area contributed by atoms with E-state index >= 15 is 0 Å². The van der Waals surface area contributed by atoms with Crippen molar-refractivity contribution in [3.05, 3.63) is 12.0 Å². The monoisotopic (exact) mass is 182 g/mol. The van der Waals surface area contributed by atoms with Crippen LogP contribution in [0.4, 0.5) is 12.9 Å². The zero-order valence-electron chi connectivity index (χ0n) is 5.63. The molecule has 0 N–H and O–H groups in total.